The first-order chi connectivity index (χ1) is 10.1. The van der Waals surface area contributed by atoms with Crippen molar-refractivity contribution < 1.29 is 4.74 Å². The molecule has 112 valence electrons. The molecule has 0 spiro atoms. The summed E-state index contributed by atoms with van der Waals surface area (Å²) < 4.78 is 5.16. The van der Waals surface area contributed by atoms with E-state index in [0.717, 1.165) is 35.3 Å². The van der Waals surface area contributed by atoms with E-state index in [2.05, 4.69) is 27.5 Å². The summed E-state index contributed by atoms with van der Waals surface area (Å²) in [5, 5.41) is 6.64. The number of nitrogens with one attached hydrogen (secondary N) is 2. The fourth-order valence-electron chi connectivity index (χ4n) is 2.07. The average molecular weight is 286 g/mol. The Labute approximate surface area is 125 Å². The van der Waals surface area contributed by atoms with E-state index in [4.69, 9.17) is 4.74 Å². The van der Waals surface area contributed by atoms with Crippen molar-refractivity contribution in [2.75, 3.05) is 24.3 Å². The lowest BCUT2D eigenvalue weighted by Gasteiger charge is -2.13. The Balaban J connectivity index is 2.11. The second kappa shape index (κ2) is 6.92. The van der Waals surface area contributed by atoms with Crippen LogP contribution in [0.5, 0.6) is 5.75 Å². The molecule has 21 heavy (non-hydrogen) atoms. The number of methoxy groups -OCH3 is 1. The van der Waals surface area contributed by atoms with E-state index in [1.54, 1.807) is 7.11 Å². The van der Waals surface area contributed by atoms with Gasteiger partial charge in [0.05, 0.1) is 7.11 Å². The van der Waals surface area contributed by atoms with Crippen molar-refractivity contribution in [3.63, 3.8) is 0 Å². The number of ether oxygens (including phenoxy) is 1. The molecule has 0 atom stereocenters. The van der Waals surface area contributed by atoms with Gasteiger partial charge in [0.1, 0.15) is 23.2 Å². The van der Waals surface area contributed by atoms with Gasteiger partial charge in [-0.1, -0.05) is 12.1 Å². The SMILES string of the molecule is CCNc1nc(C)nc(NCc2ccc(OC)cc2)c1C. The molecule has 2 aromatic rings. The monoisotopic (exact) mass is 286 g/mol. The van der Waals surface area contributed by atoms with Gasteiger partial charge in [-0.25, -0.2) is 9.97 Å². The van der Waals surface area contributed by atoms with E-state index in [0.29, 0.717) is 6.54 Å². The van der Waals surface area contributed by atoms with Gasteiger partial charge < -0.3 is 15.4 Å². The largest absolute Gasteiger partial charge is 0.497 e. The molecule has 0 saturated heterocycles. The summed E-state index contributed by atoms with van der Waals surface area (Å²) in [5.41, 5.74) is 2.22. The normalized spacial score (nSPS) is 10.3. The van der Waals surface area contributed by atoms with Gasteiger partial charge in [-0.3, -0.25) is 0 Å². The van der Waals surface area contributed by atoms with E-state index in [1.165, 1.54) is 5.56 Å². The van der Waals surface area contributed by atoms with Gasteiger partial charge in [-0.15, -0.1) is 0 Å². The van der Waals surface area contributed by atoms with Crippen molar-refractivity contribution in [1.82, 2.24) is 9.97 Å². The standard InChI is InChI=1S/C16H22N4O/c1-5-17-15-11(2)16(20-12(3)19-15)18-10-13-6-8-14(21-4)9-7-13/h6-9H,5,10H2,1-4H3,(H2,17,18,19,20). The van der Waals surface area contributed by atoms with E-state index in [9.17, 15) is 0 Å². The highest BCUT2D eigenvalue weighted by Crippen LogP contribution is 2.20. The van der Waals surface area contributed by atoms with Crippen LogP contribution >= 0.6 is 0 Å². The zero-order valence-electron chi connectivity index (χ0n) is 13.0. The summed E-state index contributed by atoms with van der Waals surface area (Å²) in [6.45, 7) is 7.54. The Hall–Kier alpha value is -2.30. The lowest BCUT2D eigenvalue weighted by molar-refractivity contribution is 0.414. The number of aromatic nitrogens is 2. The van der Waals surface area contributed by atoms with Gasteiger partial charge in [0, 0.05) is 18.7 Å². The summed E-state index contributed by atoms with van der Waals surface area (Å²) in [5.74, 6) is 3.38. The molecule has 0 bridgehead atoms. The van der Waals surface area contributed by atoms with Crippen LogP contribution in [-0.4, -0.2) is 23.6 Å². The highest BCUT2D eigenvalue weighted by molar-refractivity contribution is 5.57. The van der Waals surface area contributed by atoms with Gasteiger partial charge in [0.15, 0.2) is 0 Å². The van der Waals surface area contributed by atoms with Gasteiger partial charge in [0.25, 0.3) is 0 Å². The van der Waals surface area contributed by atoms with Crippen molar-refractivity contribution in [3.8, 4) is 5.75 Å². The second-order valence-electron chi connectivity index (χ2n) is 4.82. The number of rotatable bonds is 6. The van der Waals surface area contributed by atoms with Gasteiger partial charge >= 0.3 is 0 Å². The predicted molar refractivity (Wildman–Crippen MR) is 86.0 cm³/mol. The van der Waals surface area contributed by atoms with Gasteiger partial charge in [-0.05, 0) is 38.5 Å². The van der Waals surface area contributed by atoms with Crippen LogP contribution in [0.1, 0.15) is 23.9 Å². The third-order valence-corrected chi connectivity index (χ3v) is 3.22. The number of hydrogen-bond donors (Lipinski definition) is 2. The molecule has 0 aliphatic heterocycles. The third-order valence-electron chi connectivity index (χ3n) is 3.22. The van der Waals surface area contributed by atoms with Gasteiger partial charge in [0.2, 0.25) is 0 Å². The number of benzene rings is 1. The van der Waals surface area contributed by atoms with E-state index in [-0.39, 0.29) is 0 Å². The number of hydrogen-bond acceptors (Lipinski definition) is 5. The van der Waals surface area contributed by atoms with Crippen LogP contribution in [0.15, 0.2) is 24.3 Å². The maximum absolute atomic E-state index is 5.16. The predicted octanol–water partition coefficient (Wildman–Crippen LogP) is 3.15. The van der Waals surface area contributed by atoms with Crippen LogP contribution < -0.4 is 15.4 Å². The van der Waals surface area contributed by atoms with Crippen LogP contribution in [-0.2, 0) is 6.54 Å². The molecule has 0 fully saturated rings. The van der Waals surface area contributed by atoms with Crippen molar-refractivity contribution >= 4 is 11.6 Å². The number of aryl methyl sites for hydroxylation is 1. The quantitative estimate of drug-likeness (QED) is 0.854. The van der Waals surface area contributed by atoms with E-state index >= 15 is 0 Å². The van der Waals surface area contributed by atoms with Crippen LogP contribution in [0.3, 0.4) is 0 Å². The topological polar surface area (TPSA) is 59.1 Å². The first-order valence-corrected chi connectivity index (χ1v) is 7.10. The Morgan fingerprint density at radius 3 is 2.19 bits per heavy atom. The highest BCUT2D eigenvalue weighted by Gasteiger charge is 2.08. The Morgan fingerprint density at radius 2 is 1.62 bits per heavy atom. The number of nitrogens with zero attached hydrogens (tertiary/aromatic N) is 2. The minimum atomic E-state index is 0.715. The smallest absolute Gasteiger partial charge is 0.135 e. The van der Waals surface area contributed by atoms with Crippen molar-refractivity contribution in [2.24, 2.45) is 0 Å². The van der Waals surface area contributed by atoms with E-state index in [1.807, 2.05) is 38.1 Å². The molecule has 5 nitrogen and oxygen atoms in total. The molecular formula is C16H22N4O. The zero-order chi connectivity index (χ0) is 15.2. The van der Waals surface area contributed by atoms with Crippen molar-refractivity contribution in [1.29, 1.82) is 0 Å². The number of anilines is 2. The summed E-state index contributed by atoms with van der Waals surface area (Å²) >= 11 is 0. The maximum Gasteiger partial charge on any atom is 0.135 e. The maximum atomic E-state index is 5.16. The molecule has 1 aromatic carbocycles. The molecule has 2 N–H and O–H groups in total. The van der Waals surface area contributed by atoms with Crippen molar-refractivity contribution in [3.05, 3.63) is 41.2 Å². The Bertz CT molecular complexity index is 596. The Kier molecular flexibility index (Phi) is 4.98. The van der Waals surface area contributed by atoms with Crippen LogP contribution in [0.4, 0.5) is 11.6 Å². The highest BCUT2D eigenvalue weighted by atomic mass is 16.5. The first kappa shape index (κ1) is 15.1. The molecule has 1 aromatic heterocycles. The molecule has 2 rings (SSSR count). The molecule has 0 amide bonds. The average Bonchev–Trinajstić information content (AvgIpc) is 2.50. The third kappa shape index (κ3) is 3.84. The summed E-state index contributed by atoms with van der Waals surface area (Å²) in [7, 11) is 1.67. The molecule has 0 aliphatic rings. The summed E-state index contributed by atoms with van der Waals surface area (Å²) in [6.07, 6.45) is 0. The molecular weight excluding hydrogens is 264 g/mol. The Morgan fingerprint density at radius 1 is 1.00 bits per heavy atom. The van der Waals surface area contributed by atoms with Gasteiger partial charge in [-0.2, -0.15) is 0 Å². The van der Waals surface area contributed by atoms with Crippen LogP contribution in [0.25, 0.3) is 0 Å². The molecule has 0 unspecified atom stereocenters. The fourth-order valence-corrected chi connectivity index (χ4v) is 2.07. The van der Waals surface area contributed by atoms with Crippen molar-refractivity contribution in [2.45, 2.75) is 27.3 Å². The fraction of sp³-hybridized carbons (Fsp3) is 0.375. The lowest BCUT2D eigenvalue weighted by Crippen LogP contribution is -2.09. The molecule has 5 heteroatoms. The molecule has 1 heterocycles. The van der Waals surface area contributed by atoms with Crippen LogP contribution in [0.2, 0.25) is 0 Å². The molecule has 0 saturated carbocycles. The van der Waals surface area contributed by atoms with E-state index < -0.39 is 0 Å². The zero-order valence-corrected chi connectivity index (χ0v) is 13.0. The first-order valence-electron chi connectivity index (χ1n) is 7.10. The minimum absolute atomic E-state index is 0.715. The molecule has 0 radical (unpaired) electrons. The summed E-state index contributed by atoms with van der Waals surface area (Å²) in [4.78, 5) is 8.90. The minimum Gasteiger partial charge on any atom is -0.497 e. The second-order valence-corrected chi connectivity index (χ2v) is 4.82. The summed E-state index contributed by atoms with van der Waals surface area (Å²) in [6, 6.07) is 8.00. The van der Waals surface area contributed by atoms with Crippen LogP contribution in [0, 0.1) is 13.8 Å². The lowest BCUT2D eigenvalue weighted by atomic mass is 10.2. The molecule has 0 aliphatic carbocycles.